The molecule has 0 unspecified atom stereocenters. The highest BCUT2D eigenvalue weighted by Crippen LogP contribution is 2.42. The van der Waals surface area contributed by atoms with E-state index in [1.165, 1.54) is 23.5 Å². The van der Waals surface area contributed by atoms with Gasteiger partial charge in [0.15, 0.2) is 0 Å². The van der Waals surface area contributed by atoms with Crippen molar-refractivity contribution >= 4 is 56.9 Å². The van der Waals surface area contributed by atoms with E-state index in [9.17, 15) is 0 Å². The van der Waals surface area contributed by atoms with E-state index >= 15 is 0 Å². The molecule has 7 aromatic rings. The molecule has 0 spiro atoms. The Balaban J connectivity index is 1.32. The second kappa shape index (κ2) is 7.94. The van der Waals surface area contributed by atoms with Gasteiger partial charge in [0.2, 0.25) is 0 Å². The maximum absolute atomic E-state index is 4.66. The molecule has 0 radical (unpaired) electrons. The third-order valence-corrected chi connectivity index (χ3v) is 8.42. The van der Waals surface area contributed by atoms with Crippen LogP contribution in [0.25, 0.3) is 65.5 Å². The summed E-state index contributed by atoms with van der Waals surface area (Å²) in [7, 11) is 0. The number of hydrogen-bond donors (Lipinski definition) is 2. The Kier molecular flexibility index (Phi) is 4.70. The van der Waals surface area contributed by atoms with Gasteiger partial charge in [-0.25, -0.2) is 0 Å². The molecule has 35 heavy (non-hydrogen) atoms. The van der Waals surface area contributed by atoms with Crippen molar-refractivity contribution in [2.45, 2.75) is 13.8 Å². The van der Waals surface area contributed by atoms with E-state index in [1.54, 1.807) is 11.3 Å². The fourth-order valence-corrected chi connectivity index (χ4v) is 6.72. The summed E-state index contributed by atoms with van der Waals surface area (Å²) in [5, 5.41) is 0. The molecule has 0 aliphatic carbocycles. The summed E-state index contributed by atoms with van der Waals surface area (Å²) in [4.78, 5) is 9.15. The lowest BCUT2D eigenvalue weighted by molar-refractivity contribution is 1.27. The lowest BCUT2D eigenvalue weighted by Crippen LogP contribution is -1.85. The minimum atomic E-state index is 0.931. The summed E-state index contributed by atoms with van der Waals surface area (Å²) in [6.45, 7) is 4.12. The van der Waals surface area contributed by atoms with Crippen molar-refractivity contribution in [3.8, 4) is 43.4 Å². The van der Waals surface area contributed by atoms with Gasteiger partial charge in [-0.2, -0.15) is 17.5 Å². The summed E-state index contributed by atoms with van der Waals surface area (Å²) in [5.74, 6) is 0. The summed E-state index contributed by atoms with van der Waals surface area (Å²) in [6.07, 6.45) is 0. The molecule has 5 aromatic heterocycles. The monoisotopic (exact) mass is 510 g/mol. The van der Waals surface area contributed by atoms with Gasteiger partial charge in [-0.05, 0) is 62.4 Å². The van der Waals surface area contributed by atoms with Crippen molar-refractivity contribution in [3.05, 3.63) is 72.1 Å². The molecule has 0 saturated heterocycles. The summed E-state index contributed by atoms with van der Waals surface area (Å²) in [5.41, 5.74) is 12.5. The van der Waals surface area contributed by atoms with Crippen LogP contribution in [0.2, 0.25) is 0 Å². The van der Waals surface area contributed by atoms with Crippen molar-refractivity contribution in [1.29, 1.82) is 0 Å². The molecule has 5 heterocycles. The minimum absolute atomic E-state index is 0.931. The van der Waals surface area contributed by atoms with Crippen molar-refractivity contribution in [3.63, 3.8) is 0 Å². The number of thiophene rings is 1. The quantitative estimate of drug-likeness (QED) is 0.254. The van der Waals surface area contributed by atoms with Crippen LogP contribution in [0.1, 0.15) is 11.4 Å². The van der Waals surface area contributed by atoms with Crippen molar-refractivity contribution in [2.75, 3.05) is 0 Å². The first-order valence-electron chi connectivity index (χ1n) is 11.1. The molecule has 0 atom stereocenters. The smallest absolute Gasteiger partial charge is 0.114 e. The van der Waals surface area contributed by atoms with Crippen molar-refractivity contribution < 1.29 is 0 Å². The second-order valence-corrected chi connectivity index (χ2v) is 10.7. The van der Waals surface area contributed by atoms with Crippen LogP contribution in [0.5, 0.6) is 0 Å². The topological polar surface area (TPSA) is 83.1 Å². The number of fused-ring (bicyclic) bond motifs is 2. The Morgan fingerprint density at radius 3 is 1.29 bits per heavy atom. The molecule has 0 bridgehead atoms. The van der Waals surface area contributed by atoms with Crippen molar-refractivity contribution in [2.24, 2.45) is 0 Å². The highest BCUT2D eigenvalue weighted by Gasteiger charge is 2.18. The summed E-state index contributed by atoms with van der Waals surface area (Å²) < 4.78 is 18.6. The molecule has 170 valence electrons. The van der Waals surface area contributed by atoms with Gasteiger partial charge in [0.1, 0.15) is 22.1 Å². The van der Waals surface area contributed by atoms with Crippen LogP contribution in [0.4, 0.5) is 0 Å². The number of hydrogen-bond acceptors (Lipinski definition) is 7. The van der Waals surface area contributed by atoms with Crippen LogP contribution in [0.15, 0.2) is 60.7 Å². The van der Waals surface area contributed by atoms with Gasteiger partial charge >= 0.3 is 0 Å². The molecule has 6 nitrogen and oxygen atoms in total. The van der Waals surface area contributed by atoms with E-state index in [0.717, 1.165) is 76.9 Å². The molecule has 0 amide bonds. The predicted molar refractivity (Wildman–Crippen MR) is 146 cm³/mol. The Hall–Kier alpha value is -3.66. The molecule has 2 aromatic carbocycles. The van der Waals surface area contributed by atoms with E-state index < -0.39 is 0 Å². The van der Waals surface area contributed by atoms with E-state index in [0.29, 0.717) is 0 Å². The van der Waals surface area contributed by atoms with Crippen LogP contribution in [-0.4, -0.2) is 27.5 Å². The second-order valence-electron chi connectivity index (χ2n) is 8.52. The van der Waals surface area contributed by atoms with E-state index in [-0.39, 0.29) is 0 Å². The molecular formula is C26H18N6S3. The highest BCUT2D eigenvalue weighted by molar-refractivity contribution is 7.19. The van der Waals surface area contributed by atoms with E-state index in [1.807, 2.05) is 0 Å². The van der Waals surface area contributed by atoms with Crippen molar-refractivity contribution in [1.82, 2.24) is 27.5 Å². The Bertz CT molecular complexity index is 1710. The molecular weight excluding hydrogens is 493 g/mol. The third-order valence-electron chi connectivity index (χ3n) is 6.21. The fraction of sp³-hybridized carbons (Fsp3) is 0.0769. The zero-order valence-electron chi connectivity index (χ0n) is 18.8. The molecule has 0 aliphatic rings. The number of nitrogens with one attached hydrogen (secondary N) is 2. The molecule has 7 rings (SSSR count). The van der Waals surface area contributed by atoms with Crippen LogP contribution >= 0.6 is 34.8 Å². The average molecular weight is 511 g/mol. The molecule has 0 saturated carbocycles. The van der Waals surface area contributed by atoms with Gasteiger partial charge in [-0.3, -0.25) is 0 Å². The fourth-order valence-electron chi connectivity index (χ4n) is 4.52. The van der Waals surface area contributed by atoms with Gasteiger partial charge in [-0.15, -0.1) is 11.3 Å². The number of rotatable bonds is 4. The van der Waals surface area contributed by atoms with Crippen LogP contribution in [0, 0.1) is 13.8 Å². The summed E-state index contributed by atoms with van der Waals surface area (Å²) in [6, 6.07) is 21.3. The number of aromatic nitrogens is 6. The number of nitrogens with zero attached hydrogens (tertiary/aromatic N) is 4. The van der Waals surface area contributed by atoms with E-state index in [2.05, 4.69) is 102 Å². The lowest BCUT2D eigenvalue weighted by atomic mass is 10.0. The van der Waals surface area contributed by atoms with Gasteiger partial charge in [-0.1, -0.05) is 12.1 Å². The maximum atomic E-state index is 4.66. The largest absolute Gasteiger partial charge is 0.359 e. The highest BCUT2D eigenvalue weighted by atomic mass is 32.1. The normalized spacial score (nSPS) is 11.7. The number of aryl methyl sites for hydroxylation is 2. The first kappa shape index (κ1) is 20.7. The van der Waals surface area contributed by atoms with E-state index in [4.69, 9.17) is 0 Å². The first-order valence-corrected chi connectivity index (χ1v) is 13.4. The van der Waals surface area contributed by atoms with Crippen LogP contribution in [0.3, 0.4) is 0 Å². The number of aromatic amines is 2. The van der Waals surface area contributed by atoms with Gasteiger partial charge in [0, 0.05) is 54.8 Å². The third kappa shape index (κ3) is 3.35. The lowest BCUT2D eigenvalue weighted by Gasteiger charge is -2.05. The molecule has 0 fully saturated rings. The SMILES string of the molecule is Cc1ccc(-c2ccc(-c3ccc(-c4ccc(-c5ccc(C)[nH]5)c5nsnc45)s3)c3nsnc23)[nH]1. The maximum Gasteiger partial charge on any atom is 0.114 e. The molecule has 9 heteroatoms. The zero-order valence-corrected chi connectivity index (χ0v) is 21.2. The number of H-pyrrole nitrogens is 2. The van der Waals surface area contributed by atoms with Crippen LogP contribution in [-0.2, 0) is 0 Å². The van der Waals surface area contributed by atoms with Gasteiger partial charge in [0.25, 0.3) is 0 Å². The summed E-state index contributed by atoms with van der Waals surface area (Å²) >= 11 is 4.26. The Morgan fingerprint density at radius 1 is 0.486 bits per heavy atom. The van der Waals surface area contributed by atoms with Crippen LogP contribution < -0.4 is 0 Å². The Labute approximate surface area is 213 Å². The average Bonchev–Trinajstić information content (AvgIpc) is 3.68. The van der Waals surface area contributed by atoms with Gasteiger partial charge < -0.3 is 9.97 Å². The minimum Gasteiger partial charge on any atom is -0.359 e. The zero-order chi connectivity index (χ0) is 23.5. The predicted octanol–water partition coefficient (Wildman–Crippen LogP) is 7.70. The first-order chi connectivity index (χ1) is 17.2. The molecule has 2 N–H and O–H groups in total. The standard InChI is InChI=1S/C26H18N6S3/c1-13-3-9-19(27-13)15-5-7-17(25-23(15)29-34-31-25)21-11-12-22(33-21)18-8-6-16(20-10-4-14(2)28-20)24-26(18)32-35-30-24/h3-12,27-28H,1-2H3. The Morgan fingerprint density at radius 2 is 0.886 bits per heavy atom. The number of benzene rings is 2. The van der Waals surface area contributed by atoms with Gasteiger partial charge in [0.05, 0.1) is 23.5 Å². The molecule has 0 aliphatic heterocycles.